The van der Waals surface area contributed by atoms with Gasteiger partial charge < -0.3 is 15.4 Å². The number of benzene rings is 2. The van der Waals surface area contributed by atoms with Crippen LogP contribution in [0.4, 0.5) is 10.5 Å². The molecule has 2 amide bonds. The largest absolute Gasteiger partial charge is 0.496 e. The first-order chi connectivity index (χ1) is 12.1. The van der Waals surface area contributed by atoms with E-state index in [1.165, 1.54) is 12.1 Å². The maximum atomic E-state index is 12.2. The molecule has 0 spiro atoms. The van der Waals surface area contributed by atoms with Gasteiger partial charge in [-0.3, -0.25) is 10.1 Å². The van der Waals surface area contributed by atoms with E-state index >= 15 is 0 Å². The second-order valence-corrected chi connectivity index (χ2v) is 5.87. The number of nitro groups is 1. The van der Waals surface area contributed by atoms with E-state index in [1.54, 1.807) is 19.2 Å². The maximum Gasteiger partial charge on any atom is 0.315 e. The quantitative estimate of drug-likeness (QED) is 0.645. The molecule has 130 valence electrons. The van der Waals surface area contributed by atoms with E-state index in [1.807, 2.05) is 18.2 Å². The molecule has 0 saturated heterocycles. The van der Waals surface area contributed by atoms with Gasteiger partial charge in [-0.05, 0) is 35.6 Å². The highest BCUT2D eigenvalue weighted by Gasteiger charge is 2.26. The monoisotopic (exact) mass is 341 g/mol. The van der Waals surface area contributed by atoms with Gasteiger partial charge in [-0.15, -0.1) is 0 Å². The third kappa shape index (κ3) is 3.71. The van der Waals surface area contributed by atoms with Crippen molar-refractivity contribution in [1.82, 2.24) is 10.6 Å². The Morgan fingerprint density at radius 1 is 1.32 bits per heavy atom. The van der Waals surface area contributed by atoms with Crippen LogP contribution in [0.2, 0.25) is 0 Å². The number of nitro benzene ring substituents is 1. The van der Waals surface area contributed by atoms with Gasteiger partial charge >= 0.3 is 6.03 Å². The number of hydrogen-bond donors (Lipinski definition) is 2. The number of nitrogens with one attached hydrogen (secondary N) is 2. The highest BCUT2D eigenvalue weighted by atomic mass is 16.6. The summed E-state index contributed by atoms with van der Waals surface area (Å²) in [4.78, 5) is 22.5. The Kier molecular flexibility index (Phi) is 4.83. The van der Waals surface area contributed by atoms with Crippen LogP contribution in [-0.4, -0.2) is 18.1 Å². The summed E-state index contributed by atoms with van der Waals surface area (Å²) in [6, 6.07) is 11.7. The molecule has 0 heterocycles. The van der Waals surface area contributed by atoms with Gasteiger partial charge in [0.25, 0.3) is 5.69 Å². The fraction of sp³-hybridized carbons (Fsp3) is 0.278. The molecule has 0 radical (unpaired) electrons. The van der Waals surface area contributed by atoms with Gasteiger partial charge in [-0.2, -0.15) is 0 Å². The van der Waals surface area contributed by atoms with Crippen molar-refractivity contribution in [1.29, 1.82) is 0 Å². The van der Waals surface area contributed by atoms with Crippen LogP contribution in [0.5, 0.6) is 5.75 Å². The first-order valence-electron chi connectivity index (χ1n) is 8.02. The number of urea groups is 1. The zero-order chi connectivity index (χ0) is 17.8. The predicted octanol–water partition coefficient (Wildman–Crippen LogP) is 3.09. The first-order valence-corrected chi connectivity index (χ1v) is 8.02. The van der Waals surface area contributed by atoms with E-state index in [0.29, 0.717) is 5.56 Å². The van der Waals surface area contributed by atoms with Crippen molar-refractivity contribution in [2.45, 2.75) is 25.4 Å². The zero-order valence-corrected chi connectivity index (χ0v) is 13.8. The van der Waals surface area contributed by atoms with Crippen molar-refractivity contribution < 1.29 is 14.5 Å². The topological polar surface area (TPSA) is 93.5 Å². The van der Waals surface area contributed by atoms with Crippen molar-refractivity contribution in [2.75, 3.05) is 7.11 Å². The molecular formula is C18H19N3O4. The van der Waals surface area contributed by atoms with Gasteiger partial charge in [0, 0.05) is 18.7 Å². The normalized spacial score (nSPS) is 15.3. The Morgan fingerprint density at radius 2 is 2.12 bits per heavy atom. The smallest absolute Gasteiger partial charge is 0.315 e. The fourth-order valence-corrected chi connectivity index (χ4v) is 3.13. The van der Waals surface area contributed by atoms with Crippen LogP contribution < -0.4 is 15.4 Å². The average molecular weight is 341 g/mol. The van der Waals surface area contributed by atoms with Crippen LogP contribution in [0, 0.1) is 10.1 Å². The number of non-ortho nitro benzene ring substituents is 1. The SMILES string of the molecule is COc1cccc2c1CC[C@H]2NC(=O)NCc1cccc([N+](=O)[O-])c1. The summed E-state index contributed by atoms with van der Waals surface area (Å²) in [5.41, 5.74) is 2.90. The number of ether oxygens (including phenoxy) is 1. The van der Waals surface area contributed by atoms with E-state index < -0.39 is 4.92 Å². The van der Waals surface area contributed by atoms with Crippen LogP contribution in [0.3, 0.4) is 0 Å². The first kappa shape index (κ1) is 16.8. The third-order valence-corrected chi connectivity index (χ3v) is 4.33. The standard InChI is InChI=1S/C18H19N3O4/c1-25-17-7-3-6-14-15(17)8-9-16(14)20-18(22)19-11-12-4-2-5-13(10-12)21(23)24/h2-7,10,16H,8-9,11H2,1H3,(H2,19,20,22)/t16-/m1/s1. The molecular weight excluding hydrogens is 322 g/mol. The molecule has 25 heavy (non-hydrogen) atoms. The number of rotatable bonds is 5. The second-order valence-electron chi connectivity index (χ2n) is 5.87. The van der Waals surface area contributed by atoms with Gasteiger partial charge in [-0.1, -0.05) is 24.3 Å². The van der Waals surface area contributed by atoms with Crippen LogP contribution >= 0.6 is 0 Å². The number of amides is 2. The fourth-order valence-electron chi connectivity index (χ4n) is 3.13. The summed E-state index contributed by atoms with van der Waals surface area (Å²) in [6.45, 7) is 0.227. The molecule has 7 nitrogen and oxygen atoms in total. The molecule has 2 aromatic rings. The molecule has 0 aromatic heterocycles. The average Bonchev–Trinajstić information content (AvgIpc) is 3.03. The molecule has 2 N–H and O–H groups in total. The Balaban J connectivity index is 1.60. The van der Waals surface area contributed by atoms with E-state index in [9.17, 15) is 14.9 Å². The van der Waals surface area contributed by atoms with Gasteiger partial charge in [0.1, 0.15) is 5.75 Å². The molecule has 3 rings (SSSR count). The van der Waals surface area contributed by atoms with E-state index in [4.69, 9.17) is 4.74 Å². The minimum atomic E-state index is -0.452. The van der Waals surface area contributed by atoms with Gasteiger partial charge in [0.05, 0.1) is 18.1 Å². The Bertz CT molecular complexity index is 807. The summed E-state index contributed by atoms with van der Waals surface area (Å²) in [7, 11) is 1.64. The number of methoxy groups -OCH3 is 1. The summed E-state index contributed by atoms with van der Waals surface area (Å²) in [5, 5.41) is 16.5. The zero-order valence-electron chi connectivity index (χ0n) is 13.8. The van der Waals surface area contributed by atoms with Crippen molar-refractivity contribution in [3.63, 3.8) is 0 Å². The lowest BCUT2D eigenvalue weighted by atomic mass is 10.1. The molecule has 7 heteroatoms. The third-order valence-electron chi connectivity index (χ3n) is 4.33. The molecule has 1 aliphatic carbocycles. The van der Waals surface area contributed by atoms with E-state index in [2.05, 4.69) is 10.6 Å². The highest BCUT2D eigenvalue weighted by Crippen LogP contribution is 2.36. The van der Waals surface area contributed by atoms with Crippen LogP contribution in [0.1, 0.15) is 29.2 Å². The Morgan fingerprint density at radius 3 is 2.88 bits per heavy atom. The molecule has 0 unspecified atom stereocenters. The van der Waals surface area contributed by atoms with Crippen molar-refractivity contribution in [3.8, 4) is 5.75 Å². The molecule has 0 saturated carbocycles. The van der Waals surface area contributed by atoms with Gasteiger partial charge in [0.2, 0.25) is 0 Å². The lowest BCUT2D eigenvalue weighted by Crippen LogP contribution is -2.36. The Hall–Kier alpha value is -3.09. The minimum absolute atomic E-state index is 0.0107. The number of carbonyl (C=O) groups is 1. The maximum absolute atomic E-state index is 12.2. The number of carbonyl (C=O) groups excluding carboxylic acids is 1. The molecule has 0 fully saturated rings. The molecule has 1 atom stereocenters. The second kappa shape index (κ2) is 7.21. The summed E-state index contributed by atoms with van der Waals surface area (Å²) in [6.07, 6.45) is 1.68. The van der Waals surface area contributed by atoms with Crippen molar-refractivity contribution >= 4 is 11.7 Å². The Labute approximate surface area is 145 Å². The van der Waals surface area contributed by atoms with E-state index in [-0.39, 0.29) is 24.3 Å². The lowest BCUT2D eigenvalue weighted by Gasteiger charge is -2.15. The van der Waals surface area contributed by atoms with Crippen LogP contribution in [-0.2, 0) is 13.0 Å². The summed E-state index contributed by atoms with van der Waals surface area (Å²) < 4.78 is 5.36. The molecule has 0 bridgehead atoms. The van der Waals surface area contributed by atoms with Crippen molar-refractivity contribution in [3.05, 3.63) is 69.3 Å². The highest BCUT2D eigenvalue weighted by molar-refractivity contribution is 5.74. The molecule has 1 aliphatic rings. The number of fused-ring (bicyclic) bond motifs is 1. The number of hydrogen-bond acceptors (Lipinski definition) is 4. The predicted molar refractivity (Wildman–Crippen MR) is 92.5 cm³/mol. The molecule has 0 aliphatic heterocycles. The van der Waals surface area contributed by atoms with Gasteiger partial charge in [0.15, 0.2) is 0 Å². The minimum Gasteiger partial charge on any atom is -0.496 e. The van der Waals surface area contributed by atoms with Crippen molar-refractivity contribution in [2.24, 2.45) is 0 Å². The van der Waals surface area contributed by atoms with E-state index in [0.717, 1.165) is 29.7 Å². The lowest BCUT2D eigenvalue weighted by molar-refractivity contribution is -0.384. The number of nitrogens with zero attached hydrogens (tertiary/aromatic N) is 1. The van der Waals surface area contributed by atoms with Crippen LogP contribution in [0.15, 0.2) is 42.5 Å². The van der Waals surface area contributed by atoms with Crippen LogP contribution in [0.25, 0.3) is 0 Å². The van der Waals surface area contributed by atoms with Gasteiger partial charge in [-0.25, -0.2) is 4.79 Å². The summed E-state index contributed by atoms with van der Waals surface area (Å²) >= 11 is 0. The molecule has 2 aromatic carbocycles. The summed E-state index contributed by atoms with van der Waals surface area (Å²) in [5.74, 6) is 0.846.